The fraction of sp³-hybridized carbons (Fsp3) is 0.167. The molecule has 0 aliphatic heterocycles. The van der Waals surface area contributed by atoms with E-state index in [1.54, 1.807) is 12.5 Å². The van der Waals surface area contributed by atoms with Crippen LogP contribution in [0, 0.1) is 0 Å². The van der Waals surface area contributed by atoms with Crippen LogP contribution in [0.1, 0.15) is 30.4 Å². The molecule has 0 radical (unpaired) electrons. The summed E-state index contributed by atoms with van der Waals surface area (Å²) < 4.78 is 8.25. The highest BCUT2D eigenvalue weighted by Gasteiger charge is 2.18. The van der Waals surface area contributed by atoms with Crippen molar-refractivity contribution in [1.29, 1.82) is 0 Å². The van der Waals surface area contributed by atoms with Gasteiger partial charge in [0.05, 0.1) is 6.33 Å². The van der Waals surface area contributed by atoms with Gasteiger partial charge >= 0.3 is 0 Å². The van der Waals surface area contributed by atoms with Crippen LogP contribution >= 0.6 is 0 Å². The number of rotatable bonds is 5. The predicted octanol–water partition coefficient (Wildman–Crippen LogP) is 4.21. The molecule has 1 unspecified atom stereocenters. The Labute approximate surface area is 124 Å². The smallest absolute Gasteiger partial charge is 0.133 e. The molecule has 0 saturated heterocycles. The molecule has 0 saturated carbocycles. The Morgan fingerprint density at radius 3 is 1.95 bits per heavy atom. The molecule has 21 heavy (non-hydrogen) atoms. The van der Waals surface area contributed by atoms with E-state index in [4.69, 9.17) is 4.74 Å². The minimum absolute atomic E-state index is 0.0853. The van der Waals surface area contributed by atoms with Gasteiger partial charge in [-0.2, -0.15) is 0 Å². The van der Waals surface area contributed by atoms with Crippen LogP contribution in [0.25, 0.3) is 0 Å². The Kier molecular flexibility index (Phi) is 4.12. The van der Waals surface area contributed by atoms with Gasteiger partial charge in [0.1, 0.15) is 12.3 Å². The van der Waals surface area contributed by atoms with Crippen LogP contribution in [0.2, 0.25) is 0 Å². The zero-order valence-electron chi connectivity index (χ0n) is 12.0. The molecule has 3 rings (SSSR count). The normalized spacial score (nSPS) is 12.5. The summed E-state index contributed by atoms with van der Waals surface area (Å²) in [5.74, 6) is 0. The monoisotopic (exact) mass is 278 g/mol. The second kappa shape index (κ2) is 6.37. The highest BCUT2D eigenvalue weighted by molar-refractivity contribution is 5.29. The van der Waals surface area contributed by atoms with Gasteiger partial charge in [-0.15, -0.1) is 0 Å². The van der Waals surface area contributed by atoms with Crippen molar-refractivity contribution in [2.24, 2.45) is 0 Å². The summed E-state index contributed by atoms with van der Waals surface area (Å²) >= 11 is 0. The lowest BCUT2D eigenvalue weighted by Gasteiger charge is -2.24. The molecule has 3 aromatic rings. The van der Waals surface area contributed by atoms with Crippen molar-refractivity contribution in [1.82, 2.24) is 9.55 Å². The average molecular weight is 278 g/mol. The topological polar surface area (TPSA) is 27.1 Å². The van der Waals surface area contributed by atoms with Gasteiger partial charge < -0.3 is 9.30 Å². The highest BCUT2D eigenvalue weighted by atomic mass is 16.5. The molecule has 3 nitrogen and oxygen atoms in total. The molecule has 0 spiro atoms. The Hall–Kier alpha value is -2.39. The van der Waals surface area contributed by atoms with Crippen molar-refractivity contribution in [3.8, 4) is 0 Å². The van der Waals surface area contributed by atoms with Crippen LogP contribution in [-0.4, -0.2) is 9.55 Å². The van der Waals surface area contributed by atoms with Gasteiger partial charge in [0, 0.05) is 12.4 Å². The average Bonchev–Trinajstić information content (AvgIpc) is 3.09. The fourth-order valence-corrected chi connectivity index (χ4v) is 2.36. The number of imidazole rings is 1. The first-order valence-corrected chi connectivity index (χ1v) is 7.07. The van der Waals surface area contributed by atoms with Gasteiger partial charge in [-0.05, 0) is 18.1 Å². The number of aromatic nitrogens is 2. The summed E-state index contributed by atoms with van der Waals surface area (Å²) in [7, 11) is 0. The van der Waals surface area contributed by atoms with Crippen molar-refractivity contribution >= 4 is 0 Å². The Morgan fingerprint density at radius 2 is 1.48 bits per heavy atom. The third-order valence-corrected chi connectivity index (χ3v) is 3.48. The van der Waals surface area contributed by atoms with Crippen molar-refractivity contribution in [3.63, 3.8) is 0 Å². The van der Waals surface area contributed by atoms with E-state index < -0.39 is 0 Å². The molecule has 1 aromatic heterocycles. The molecule has 3 heteroatoms. The molecule has 0 bridgehead atoms. The van der Waals surface area contributed by atoms with E-state index in [2.05, 4.69) is 29.2 Å². The van der Waals surface area contributed by atoms with Gasteiger partial charge in [-0.25, -0.2) is 4.98 Å². The largest absolute Gasteiger partial charge is 0.346 e. The summed E-state index contributed by atoms with van der Waals surface area (Å²) in [6.07, 6.45) is 5.28. The Bertz CT molecular complexity index is 611. The number of benzene rings is 2. The molecular formula is C18H18N2O. The van der Waals surface area contributed by atoms with E-state index in [0.717, 1.165) is 11.1 Å². The second-order valence-corrected chi connectivity index (χ2v) is 4.95. The lowest BCUT2D eigenvalue weighted by atomic mass is 10.0. The van der Waals surface area contributed by atoms with E-state index in [-0.39, 0.29) is 12.3 Å². The van der Waals surface area contributed by atoms with Gasteiger partial charge in [0.25, 0.3) is 0 Å². The van der Waals surface area contributed by atoms with Crippen LogP contribution in [-0.2, 0) is 4.74 Å². The predicted molar refractivity (Wildman–Crippen MR) is 82.8 cm³/mol. The standard InChI is InChI=1S/C18H18N2O/c1-15(20-13-12-19-14-20)21-18(16-8-4-2-5-9-16)17-10-6-3-7-11-17/h2-15,18H,1H3. The van der Waals surface area contributed by atoms with Crippen LogP contribution in [0.3, 0.4) is 0 Å². The first kappa shape index (κ1) is 13.6. The number of hydrogen-bond donors (Lipinski definition) is 0. The van der Waals surface area contributed by atoms with Crippen molar-refractivity contribution in [2.75, 3.05) is 0 Å². The van der Waals surface area contributed by atoms with Crippen molar-refractivity contribution in [3.05, 3.63) is 90.5 Å². The first-order chi connectivity index (χ1) is 10.3. The molecule has 0 amide bonds. The zero-order valence-corrected chi connectivity index (χ0v) is 12.0. The van der Waals surface area contributed by atoms with E-state index in [1.165, 1.54) is 0 Å². The summed E-state index contributed by atoms with van der Waals surface area (Å²) in [5, 5.41) is 0. The minimum Gasteiger partial charge on any atom is -0.346 e. The maximum absolute atomic E-state index is 6.29. The lowest BCUT2D eigenvalue weighted by Crippen LogP contribution is -2.13. The fourth-order valence-electron chi connectivity index (χ4n) is 2.36. The van der Waals surface area contributed by atoms with Crippen molar-refractivity contribution in [2.45, 2.75) is 19.3 Å². The van der Waals surface area contributed by atoms with Crippen LogP contribution < -0.4 is 0 Å². The third kappa shape index (κ3) is 3.20. The molecule has 0 N–H and O–H groups in total. The number of hydrogen-bond acceptors (Lipinski definition) is 2. The second-order valence-electron chi connectivity index (χ2n) is 4.95. The quantitative estimate of drug-likeness (QED) is 0.699. The molecule has 106 valence electrons. The maximum Gasteiger partial charge on any atom is 0.133 e. The van der Waals surface area contributed by atoms with E-state index in [0.29, 0.717) is 0 Å². The number of nitrogens with zero attached hydrogens (tertiary/aromatic N) is 2. The van der Waals surface area contributed by atoms with Crippen LogP contribution in [0.4, 0.5) is 0 Å². The number of ether oxygens (including phenoxy) is 1. The van der Waals surface area contributed by atoms with Gasteiger partial charge in [-0.3, -0.25) is 0 Å². The molecular weight excluding hydrogens is 260 g/mol. The third-order valence-electron chi connectivity index (χ3n) is 3.48. The van der Waals surface area contributed by atoms with Crippen LogP contribution in [0.5, 0.6) is 0 Å². The molecule has 1 heterocycles. The molecule has 0 aliphatic carbocycles. The molecule has 2 aromatic carbocycles. The van der Waals surface area contributed by atoms with Crippen LogP contribution in [0.15, 0.2) is 79.4 Å². The van der Waals surface area contributed by atoms with E-state index in [9.17, 15) is 0 Å². The minimum atomic E-state index is -0.0928. The Balaban J connectivity index is 1.90. The molecule has 0 aliphatic rings. The van der Waals surface area contributed by atoms with Crippen molar-refractivity contribution < 1.29 is 4.74 Å². The van der Waals surface area contributed by atoms with Gasteiger partial charge in [0.2, 0.25) is 0 Å². The first-order valence-electron chi connectivity index (χ1n) is 7.07. The van der Waals surface area contributed by atoms with Gasteiger partial charge in [0.15, 0.2) is 0 Å². The van der Waals surface area contributed by atoms with E-state index in [1.807, 2.05) is 54.1 Å². The maximum atomic E-state index is 6.29. The zero-order chi connectivity index (χ0) is 14.5. The molecule has 0 fully saturated rings. The van der Waals surface area contributed by atoms with E-state index >= 15 is 0 Å². The van der Waals surface area contributed by atoms with Gasteiger partial charge in [-0.1, -0.05) is 60.7 Å². The lowest BCUT2D eigenvalue weighted by molar-refractivity contribution is -0.0252. The highest BCUT2D eigenvalue weighted by Crippen LogP contribution is 2.29. The summed E-state index contributed by atoms with van der Waals surface area (Å²) in [4.78, 5) is 4.08. The summed E-state index contributed by atoms with van der Waals surface area (Å²) in [5.41, 5.74) is 2.30. The summed E-state index contributed by atoms with van der Waals surface area (Å²) in [6.45, 7) is 2.03. The SMILES string of the molecule is CC(OC(c1ccccc1)c1ccccc1)n1ccnc1. The summed E-state index contributed by atoms with van der Waals surface area (Å²) in [6, 6.07) is 20.6. The molecule has 1 atom stereocenters. The Morgan fingerprint density at radius 1 is 0.905 bits per heavy atom.